The molecule has 0 amide bonds. The minimum atomic E-state index is 0.862. The minimum absolute atomic E-state index is 0.862. The van der Waals surface area contributed by atoms with Crippen molar-refractivity contribution >= 4 is 0 Å². The van der Waals surface area contributed by atoms with Gasteiger partial charge in [0.1, 0.15) is 0 Å². The van der Waals surface area contributed by atoms with E-state index in [-0.39, 0.29) is 0 Å². The summed E-state index contributed by atoms with van der Waals surface area (Å²) in [5, 5.41) is 0. The fraction of sp³-hybridized carbons (Fsp3) is 0.143. The molecule has 0 aliphatic heterocycles. The molecule has 0 N–H and O–H groups in total. The average Bonchev–Trinajstić information content (AvgIpc) is 2.17. The molecule has 1 rings (SSSR count). The summed E-state index contributed by atoms with van der Waals surface area (Å²) in [6.45, 7) is 9.38. The van der Waals surface area contributed by atoms with E-state index in [1.807, 2.05) is 31.2 Å². The van der Waals surface area contributed by atoms with E-state index < -0.39 is 0 Å². The molecular weight excluding hydrogens is 168 g/mol. The molecule has 0 saturated carbocycles. The molecule has 0 radical (unpaired) electrons. The largest absolute Gasteiger partial charge is 0.103 e. The van der Waals surface area contributed by atoms with Gasteiger partial charge >= 0.3 is 0 Å². The third kappa shape index (κ3) is 2.95. The first kappa shape index (κ1) is 10.3. The van der Waals surface area contributed by atoms with Gasteiger partial charge in [-0.15, -0.1) is 6.58 Å². The fourth-order valence-electron chi connectivity index (χ4n) is 1.15. The maximum Gasteiger partial charge on any atom is 0.0284 e. The lowest BCUT2D eigenvalue weighted by Crippen LogP contribution is -1.86. The molecule has 0 heterocycles. The van der Waals surface area contributed by atoms with Crippen LogP contribution in [0.25, 0.3) is 0 Å². The number of hydrogen-bond donors (Lipinski definition) is 0. The highest BCUT2D eigenvalue weighted by molar-refractivity contribution is 5.44. The SMILES string of the molecule is C=CCc1ccccc1C#CC(=C)C. The topological polar surface area (TPSA) is 0 Å². The Morgan fingerprint density at radius 2 is 2.14 bits per heavy atom. The van der Waals surface area contributed by atoms with Crippen LogP contribution in [0.3, 0.4) is 0 Å². The van der Waals surface area contributed by atoms with Crippen LogP contribution in [0.2, 0.25) is 0 Å². The van der Waals surface area contributed by atoms with Gasteiger partial charge in [0, 0.05) is 5.56 Å². The molecule has 1 aromatic rings. The lowest BCUT2D eigenvalue weighted by molar-refractivity contribution is 1.26. The molecule has 0 bridgehead atoms. The van der Waals surface area contributed by atoms with Crippen LogP contribution in [-0.4, -0.2) is 0 Å². The molecule has 0 unspecified atom stereocenters. The van der Waals surface area contributed by atoms with Gasteiger partial charge in [-0.1, -0.05) is 42.7 Å². The Balaban J connectivity index is 3.02. The molecule has 0 aliphatic rings. The van der Waals surface area contributed by atoms with Crippen molar-refractivity contribution in [1.29, 1.82) is 0 Å². The molecule has 1 aromatic carbocycles. The van der Waals surface area contributed by atoms with Gasteiger partial charge in [-0.3, -0.25) is 0 Å². The summed E-state index contributed by atoms with van der Waals surface area (Å²) in [6.07, 6.45) is 2.75. The van der Waals surface area contributed by atoms with E-state index in [0.29, 0.717) is 0 Å². The van der Waals surface area contributed by atoms with Crippen LogP contribution in [0, 0.1) is 11.8 Å². The third-order valence-corrected chi connectivity index (χ3v) is 1.79. The Morgan fingerprint density at radius 1 is 1.43 bits per heavy atom. The van der Waals surface area contributed by atoms with Crippen molar-refractivity contribution in [3.8, 4) is 11.8 Å². The van der Waals surface area contributed by atoms with Crippen LogP contribution in [0.1, 0.15) is 18.1 Å². The zero-order valence-corrected chi connectivity index (χ0v) is 8.51. The van der Waals surface area contributed by atoms with Gasteiger partial charge in [0.25, 0.3) is 0 Å². The normalized spacial score (nSPS) is 8.64. The summed E-state index contributed by atoms with van der Waals surface area (Å²) in [7, 11) is 0. The number of rotatable bonds is 2. The third-order valence-electron chi connectivity index (χ3n) is 1.79. The summed E-state index contributed by atoms with van der Waals surface area (Å²) >= 11 is 0. The smallest absolute Gasteiger partial charge is 0.0284 e. The van der Waals surface area contributed by atoms with Crippen LogP contribution >= 0.6 is 0 Å². The van der Waals surface area contributed by atoms with E-state index in [9.17, 15) is 0 Å². The Kier molecular flexibility index (Phi) is 3.76. The van der Waals surface area contributed by atoms with Crippen LogP contribution in [0.15, 0.2) is 49.1 Å². The maximum absolute atomic E-state index is 3.75. The molecule has 0 spiro atoms. The summed E-state index contributed by atoms with van der Waals surface area (Å²) in [5.74, 6) is 6.08. The summed E-state index contributed by atoms with van der Waals surface area (Å²) in [4.78, 5) is 0. The molecular formula is C14H14. The van der Waals surface area contributed by atoms with Crippen molar-refractivity contribution in [2.24, 2.45) is 0 Å². The van der Waals surface area contributed by atoms with Crippen molar-refractivity contribution in [1.82, 2.24) is 0 Å². The number of allylic oxidation sites excluding steroid dienone is 2. The van der Waals surface area contributed by atoms with Crippen molar-refractivity contribution in [3.05, 3.63) is 60.2 Å². The van der Waals surface area contributed by atoms with Crippen molar-refractivity contribution in [2.75, 3.05) is 0 Å². The standard InChI is InChI=1S/C14H14/c1-4-7-13-8-5-6-9-14(13)11-10-12(2)3/h4-6,8-9H,1-2,7H2,3H3. The number of benzene rings is 1. The highest BCUT2D eigenvalue weighted by Crippen LogP contribution is 2.08. The van der Waals surface area contributed by atoms with Gasteiger partial charge in [-0.2, -0.15) is 0 Å². The molecule has 14 heavy (non-hydrogen) atoms. The molecule has 0 aliphatic carbocycles. The summed E-state index contributed by atoms with van der Waals surface area (Å²) in [6, 6.07) is 8.11. The lowest BCUT2D eigenvalue weighted by Gasteiger charge is -1.99. The van der Waals surface area contributed by atoms with Gasteiger partial charge in [0.05, 0.1) is 0 Å². The zero-order valence-electron chi connectivity index (χ0n) is 8.51. The van der Waals surface area contributed by atoms with E-state index in [1.165, 1.54) is 5.56 Å². The first-order valence-electron chi connectivity index (χ1n) is 4.60. The minimum Gasteiger partial charge on any atom is -0.103 e. The highest BCUT2D eigenvalue weighted by Gasteiger charge is 1.94. The lowest BCUT2D eigenvalue weighted by atomic mass is 10.0. The summed E-state index contributed by atoms with van der Waals surface area (Å²) in [5.41, 5.74) is 3.17. The van der Waals surface area contributed by atoms with E-state index in [4.69, 9.17) is 0 Å². The quantitative estimate of drug-likeness (QED) is 0.486. The van der Waals surface area contributed by atoms with Gasteiger partial charge in [0.15, 0.2) is 0 Å². The second-order valence-electron chi connectivity index (χ2n) is 3.18. The van der Waals surface area contributed by atoms with E-state index in [2.05, 4.69) is 31.1 Å². The van der Waals surface area contributed by atoms with Gasteiger partial charge < -0.3 is 0 Å². The van der Waals surface area contributed by atoms with Crippen molar-refractivity contribution < 1.29 is 0 Å². The summed E-state index contributed by atoms with van der Waals surface area (Å²) < 4.78 is 0. The molecule has 0 saturated heterocycles. The first-order chi connectivity index (χ1) is 6.74. The second kappa shape index (κ2) is 5.09. The first-order valence-corrected chi connectivity index (χ1v) is 4.60. The molecule has 0 fully saturated rings. The Morgan fingerprint density at radius 3 is 2.79 bits per heavy atom. The predicted octanol–water partition coefficient (Wildman–Crippen LogP) is 3.34. The van der Waals surface area contributed by atoms with Crippen LogP contribution in [0.4, 0.5) is 0 Å². The zero-order chi connectivity index (χ0) is 10.4. The monoisotopic (exact) mass is 182 g/mol. The van der Waals surface area contributed by atoms with E-state index in [0.717, 1.165) is 17.6 Å². The fourth-order valence-corrected chi connectivity index (χ4v) is 1.15. The highest BCUT2D eigenvalue weighted by atomic mass is 14.0. The van der Waals surface area contributed by atoms with Crippen LogP contribution in [-0.2, 0) is 6.42 Å². The molecule has 0 heteroatoms. The van der Waals surface area contributed by atoms with Crippen molar-refractivity contribution in [2.45, 2.75) is 13.3 Å². The molecule has 0 nitrogen and oxygen atoms in total. The molecule has 0 aromatic heterocycles. The van der Waals surface area contributed by atoms with E-state index in [1.54, 1.807) is 0 Å². The second-order valence-corrected chi connectivity index (χ2v) is 3.18. The Bertz CT molecular complexity index is 400. The maximum atomic E-state index is 3.75. The van der Waals surface area contributed by atoms with Crippen molar-refractivity contribution in [3.63, 3.8) is 0 Å². The Labute approximate surface area is 86.0 Å². The Hall–Kier alpha value is -1.74. The molecule has 70 valence electrons. The van der Waals surface area contributed by atoms with Gasteiger partial charge in [0.2, 0.25) is 0 Å². The predicted molar refractivity (Wildman–Crippen MR) is 62.0 cm³/mol. The van der Waals surface area contributed by atoms with Crippen LogP contribution < -0.4 is 0 Å². The average molecular weight is 182 g/mol. The van der Waals surface area contributed by atoms with Gasteiger partial charge in [-0.25, -0.2) is 0 Å². The van der Waals surface area contributed by atoms with E-state index >= 15 is 0 Å². The van der Waals surface area contributed by atoms with Gasteiger partial charge in [-0.05, 0) is 30.5 Å². The number of hydrogen-bond acceptors (Lipinski definition) is 0. The molecule has 0 atom stereocenters. The van der Waals surface area contributed by atoms with Crippen LogP contribution in [0.5, 0.6) is 0 Å².